The molecule has 4 nitrogen and oxygen atoms in total. The molecule has 1 atom stereocenters. The van der Waals surface area contributed by atoms with Gasteiger partial charge in [-0.05, 0) is 0 Å². The van der Waals surface area contributed by atoms with E-state index >= 15 is 0 Å². The van der Waals surface area contributed by atoms with Crippen molar-refractivity contribution in [3.05, 3.63) is 12.2 Å². The Hall–Kier alpha value is -0.870. The monoisotopic (exact) mass is 172 g/mol. The van der Waals surface area contributed by atoms with E-state index in [-0.39, 0.29) is 11.7 Å². The molecule has 0 aromatic heterocycles. The lowest BCUT2D eigenvalue weighted by atomic mass is 10.2. The molecule has 1 rings (SSSR count). The van der Waals surface area contributed by atoms with Gasteiger partial charge in [-0.1, -0.05) is 6.58 Å². The average Bonchev–Trinajstić information content (AvgIpc) is 2.80. The summed E-state index contributed by atoms with van der Waals surface area (Å²) >= 11 is 0. The fourth-order valence-electron chi connectivity index (χ4n) is 0.681. The molecule has 1 heterocycles. The number of hydrogen-bond acceptors (Lipinski definition) is 3. The van der Waals surface area contributed by atoms with Crippen LogP contribution in [0.25, 0.3) is 0 Å². The highest BCUT2D eigenvalue weighted by Crippen LogP contribution is 2.09. The van der Waals surface area contributed by atoms with Gasteiger partial charge in [0.05, 0.1) is 19.8 Å². The predicted molar refractivity (Wildman–Crippen MR) is 42.0 cm³/mol. The van der Waals surface area contributed by atoms with Gasteiger partial charge in [0.25, 0.3) is 0 Å². The van der Waals surface area contributed by atoms with Gasteiger partial charge < -0.3 is 14.6 Å². The summed E-state index contributed by atoms with van der Waals surface area (Å²) in [7, 11) is 0. The van der Waals surface area contributed by atoms with Gasteiger partial charge in [0.2, 0.25) is 0 Å². The van der Waals surface area contributed by atoms with E-state index in [1.807, 2.05) is 0 Å². The first-order valence-electron chi connectivity index (χ1n) is 3.80. The first-order valence-corrected chi connectivity index (χ1v) is 3.80. The van der Waals surface area contributed by atoms with Crippen LogP contribution in [0.5, 0.6) is 0 Å². The first-order chi connectivity index (χ1) is 5.70. The zero-order valence-corrected chi connectivity index (χ0v) is 6.78. The molecule has 68 valence electrons. The first kappa shape index (κ1) is 9.22. The van der Waals surface area contributed by atoms with Gasteiger partial charge in [-0.15, -0.1) is 0 Å². The van der Waals surface area contributed by atoms with Crippen molar-refractivity contribution in [2.24, 2.45) is 0 Å². The molecular formula is C8H12O4. The third kappa shape index (κ3) is 3.50. The number of carboxylic acid groups (broad SMARTS) is 1. The van der Waals surface area contributed by atoms with Gasteiger partial charge in [-0.3, -0.25) is 0 Å². The highest BCUT2D eigenvalue weighted by atomic mass is 16.6. The van der Waals surface area contributed by atoms with E-state index in [0.29, 0.717) is 19.6 Å². The number of ether oxygens (including phenoxy) is 2. The van der Waals surface area contributed by atoms with Gasteiger partial charge in [0, 0.05) is 12.0 Å². The van der Waals surface area contributed by atoms with Gasteiger partial charge >= 0.3 is 5.97 Å². The van der Waals surface area contributed by atoms with Gasteiger partial charge in [-0.25, -0.2) is 4.79 Å². The molecule has 1 aliphatic rings. The number of aliphatic carboxylic acids is 1. The van der Waals surface area contributed by atoms with E-state index in [1.165, 1.54) is 0 Å². The van der Waals surface area contributed by atoms with E-state index in [4.69, 9.17) is 14.6 Å². The molecular weight excluding hydrogens is 160 g/mol. The summed E-state index contributed by atoms with van der Waals surface area (Å²) < 4.78 is 10.0. The minimum atomic E-state index is -0.957. The number of carboxylic acids is 1. The van der Waals surface area contributed by atoms with Crippen LogP contribution in [-0.4, -0.2) is 37.0 Å². The van der Waals surface area contributed by atoms with Gasteiger partial charge in [0.15, 0.2) is 0 Å². The summed E-state index contributed by atoms with van der Waals surface area (Å²) in [4.78, 5) is 10.3. The molecule has 0 amide bonds. The SMILES string of the molecule is C=C(CCOCC1CO1)C(=O)O. The number of carbonyl (C=O) groups is 1. The molecule has 0 saturated carbocycles. The number of hydrogen-bond donors (Lipinski definition) is 1. The van der Waals surface area contributed by atoms with Crippen LogP contribution in [0, 0.1) is 0 Å². The minimum absolute atomic E-state index is 0.187. The maximum Gasteiger partial charge on any atom is 0.331 e. The third-order valence-electron chi connectivity index (χ3n) is 1.56. The molecule has 1 saturated heterocycles. The summed E-state index contributed by atoms with van der Waals surface area (Å²) in [5.41, 5.74) is 0.187. The number of epoxide rings is 1. The Morgan fingerprint density at radius 2 is 2.42 bits per heavy atom. The molecule has 0 spiro atoms. The molecule has 0 bridgehead atoms. The molecule has 12 heavy (non-hydrogen) atoms. The van der Waals surface area contributed by atoms with Crippen molar-refractivity contribution in [1.29, 1.82) is 0 Å². The van der Waals surface area contributed by atoms with Crippen molar-refractivity contribution in [3.63, 3.8) is 0 Å². The average molecular weight is 172 g/mol. The molecule has 0 radical (unpaired) electrons. The normalized spacial score (nSPS) is 20.5. The zero-order valence-electron chi connectivity index (χ0n) is 6.78. The second-order valence-corrected chi connectivity index (χ2v) is 2.69. The van der Waals surface area contributed by atoms with Crippen LogP contribution in [-0.2, 0) is 14.3 Å². The summed E-state index contributed by atoms with van der Waals surface area (Å²) in [5, 5.41) is 8.42. The van der Waals surface area contributed by atoms with E-state index in [1.54, 1.807) is 0 Å². The zero-order chi connectivity index (χ0) is 8.97. The Kier molecular flexibility index (Phi) is 3.25. The molecule has 0 aromatic carbocycles. The molecule has 1 aliphatic heterocycles. The molecule has 1 unspecified atom stereocenters. The molecule has 0 aromatic rings. The van der Waals surface area contributed by atoms with E-state index in [9.17, 15) is 4.79 Å². The fourth-order valence-corrected chi connectivity index (χ4v) is 0.681. The number of rotatable bonds is 6. The van der Waals surface area contributed by atoms with E-state index in [0.717, 1.165) is 6.61 Å². The Morgan fingerprint density at radius 3 is 2.92 bits per heavy atom. The second-order valence-electron chi connectivity index (χ2n) is 2.69. The highest BCUT2D eigenvalue weighted by molar-refractivity contribution is 5.85. The lowest BCUT2D eigenvalue weighted by Crippen LogP contribution is -2.06. The van der Waals surface area contributed by atoms with Crippen LogP contribution in [0.15, 0.2) is 12.2 Å². The van der Waals surface area contributed by atoms with Crippen LogP contribution in [0.2, 0.25) is 0 Å². The summed E-state index contributed by atoms with van der Waals surface area (Å²) in [6.07, 6.45) is 0.616. The maximum atomic E-state index is 10.3. The van der Waals surface area contributed by atoms with Crippen molar-refractivity contribution >= 4 is 5.97 Å². The van der Waals surface area contributed by atoms with Crippen molar-refractivity contribution < 1.29 is 19.4 Å². The Labute approximate surface area is 70.8 Å². The van der Waals surface area contributed by atoms with Crippen LogP contribution in [0.4, 0.5) is 0 Å². The Bertz CT molecular complexity index is 183. The second kappa shape index (κ2) is 4.23. The lowest BCUT2D eigenvalue weighted by molar-refractivity contribution is -0.132. The summed E-state index contributed by atoms with van der Waals surface area (Å²) in [6, 6.07) is 0. The van der Waals surface area contributed by atoms with Crippen LogP contribution < -0.4 is 0 Å². The van der Waals surface area contributed by atoms with Crippen molar-refractivity contribution in [2.75, 3.05) is 19.8 Å². The molecule has 4 heteroatoms. The molecule has 1 N–H and O–H groups in total. The lowest BCUT2D eigenvalue weighted by Gasteiger charge is -2.00. The van der Waals surface area contributed by atoms with Crippen molar-refractivity contribution in [2.45, 2.75) is 12.5 Å². The summed E-state index contributed by atoms with van der Waals surface area (Å²) in [5.74, 6) is -0.957. The third-order valence-corrected chi connectivity index (χ3v) is 1.56. The van der Waals surface area contributed by atoms with Crippen LogP contribution in [0.1, 0.15) is 6.42 Å². The minimum Gasteiger partial charge on any atom is -0.478 e. The quantitative estimate of drug-likeness (QED) is 0.358. The Morgan fingerprint density at radius 1 is 1.75 bits per heavy atom. The van der Waals surface area contributed by atoms with Crippen LogP contribution in [0.3, 0.4) is 0 Å². The Balaban J connectivity index is 1.93. The standard InChI is InChI=1S/C8H12O4/c1-6(8(9)10)2-3-11-4-7-5-12-7/h7H,1-5H2,(H,9,10). The van der Waals surface area contributed by atoms with Crippen molar-refractivity contribution in [3.8, 4) is 0 Å². The predicted octanol–water partition coefficient (Wildman–Crippen LogP) is 0.433. The van der Waals surface area contributed by atoms with E-state index < -0.39 is 5.97 Å². The molecule has 1 fully saturated rings. The topological polar surface area (TPSA) is 59.1 Å². The van der Waals surface area contributed by atoms with E-state index in [2.05, 4.69) is 6.58 Å². The van der Waals surface area contributed by atoms with Crippen LogP contribution >= 0.6 is 0 Å². The summed E-state index contributed by atoms with van der Waals surface area (Å²) in [6.45, 7) is 5.11. The largest absolute Gasteiger partial charge is 0.478 e. The smallest absolute Gasteiger partial charge is 0.331 e. The van der Waals surface area contributed by atoms with Gasteiger partial charge in [0.1, 0.15) is 6.10 Å². The van der Waals surface area contributed by atoms with Crippen molar-refractivity contribution in [1.82, 2.24) is 0 Å². The maximum absolute atomic E-state index is 10.3. The highest BCUT2D eigenvalue weighted by Gasteiger charge is 2.22. The fraction of sp³-hybridized carbons (Fsp3) is 0.625. The molecule has 0 aliphatic carbocycles. The van der Waals surface area contributed by atoms with Gasteiger partial charge in [-0.2, -0.15) is 0 Å².